The zero-order valence-electron chi connectivity index (χ0n) is 15.4. The number of benzene rings is 1. The zero-order valence-corrected chi connectivity index (χ0v) is 15.4. The fraction of sp³-hybridized carbons (Fsp3) is 0.238. The molecule has 0 saturated heterocycles. The van der Waals surface area contributed by atoms with Gasteiger partial charge in [0.25, 0.3) is 5.91 Å². The monoisotopic (exact) mass is 376 g/mol. The largest absolute Gasteiger partial charge is 0.481 e. The van der Waals surface area contributed by atoms with E-state index in [4.69, 9.17) is 5.73 Å². The maximum Gasteiger partial charge on any atom is 0.306 e. The van der Waals surface area contributed by atoms with Gasteiger partial charge in [-0.15, -0.1) is 0 Å². The lowest BCUT2D eigenvalue weighted by Crippen LogP contribution is -2.16. The number of allylic oxidation sites excluding steroid dienone is 2. The molecule has 7 heteroatoms. The lowest BCUT2D eigenvalue weighted by atomic mass is 9.85. The quantitative estimate of drug-likeness (QED) is 0.706. The lowest BCUT2D eigenvalue weighted by molar-refractivity contribution is -0.141. The number of hydrogen-bond donors (Lipinski definition) is 3. The van der Waals surface area contributed by atoms with E-state index in [0.717, 1.165) is 16.7 Å². The SMILES string of the molecule is CC#CC(=O)Nc1ccc(-c2ncnc(N)c2C2=CCC(C(=O)O)CC2)cc1. The number of aromatic nitrogens is 2. The maximum atomic E-state index is 11.6. The summed E-state index contributed by atoms with van der Waals surface area (Å²) in [7, 11) is 0. The van der Waals surface area contributed by atoms with Crippen LogP contribution in [0.3, 0.4) is 0 Å². The lowest BCUT2D eigenvalue weighted by Gasteiger charge is -2.21. The molecule has 1 unspecified atom stereocenters. The van der Waals surface area contributed by atoms with Crippen LogP contribution >= 0.6 is 0 Å². The second kappa shape index (κ2) is 8.35. The minimum absolute atomic E-state index is 0.362. The molecule has 3 rings (SSSR count). The summed E-state index contributed by atoms with van der Waals surface area (Å²) < 4.78 is 0. The van der Waals surface area contributed by atoms with E-state index in [0.29, 0.717) is 36.5 Å². The van der Waals surface area contributed by atoms with Gasteiger partial charge in [-0.05, 0) is 49.8 Å². The molecule has 0 fully saturated rings. The molecule has 142 valence electrons. The molecule has 7 nitrogen and oxygen atoms in total. The number of nitrogen functional groups attached to an aromatic ring is 1. The number of carbonyl (C=O) groups is 2. The number of aliphatic carboxylic acids is 1. The Labute approximate surface area is 162 Å². The summed E-state index contributed by atoms with van der Waals surface area (Å²) in [4.78, 5) is 31.3. The number of nitrogens with one attached hydrogen (secondary N) is 1. The van der Waals surface area contributed by atoms with E-state index in [1.54, 1.807) is 19.1 Å². The van der Waals surface area contributed by atoms with Crippen LogP contribution in [0.25, 0.3) is 16.8 Å². The Hall–Kier alpha value is -3.66. The van der Waals surface area contributed by atoms with Gasteiger partial charge in [-0.2, -0.15) is 0 Å². The fourth-order valence-electron chi connectivity index (χ4n) is 3.21. The molecule has 0 bridgehead atoms. The van der Waals surface area contributed by atoms with E-state index >= 15 is 0 Å². The first-order valence-electron chi connectivity index (χ1n) is 8.86. The topological polar surface area (TPSA) is 118 Å². The second-order valence-corrected chi connectivity index (χ2v) is 6.43. The third-order valence-corrected chi connectivity index (χ3v) is 4.61. The number of rotatable bonds is 4. The van der Waals surface area contributed by atoms with Crippen molar-refractivity contribution in [1.29, 1.82) is 0 Å². The highest BCUT2D eigenvalue weighted by atomic mass is 16.4. The van der Waals surface area contributed by atoms with Crippen LogP contribution in [0.15, 0.2) is 36.7 Å². The molecule has 1 aliphatic rings. The number of carboxylic acid groups (broad SMARTS) is 1. The molecule has 0 spiro atoms. The van der Waals surface area contributed by atoms with Gasteiger partial charge in [-0.3, -0.25) is 9.59 Å². The van der Waals surface area contributed by atoms with Crippen molar-refractivity contribution < 1.29 is 14.7 Å². The van der Waals surface area contributed by atoms with Gasteiger partial charge >= 0.3 is 5.97 Å². The Balaban J connectivity index is 1.91. The molecule has 4 N–H and O–H groups in total. The van der Waals surface area contributed by atoms with Crippen LogP contribution in [-0.2, 0) is 9.59 Å². The first-order valence-corrected chi connectivity index (χ1v) is 8.86. The summed E-state index contributed by atoms with van der Waals surface area (Å²) in [5.74, 6) is 3.82. The smallest absolute Gasteiger partial charge is 0.306 e. The van der Waals surface area contributed by atoms with E-state index in [9.17, 15) is 14.7 Å². The molecular weight excluding hydrogens is 356 g/mol. The molecule has 1 aliphatic carbocycles. The molecule has 1 aromatic carbocycles. The highest BCUT2D eigenvalue weighted by Crippen LogP contribution is 2.37. The molecule has 0 radical (unpaired) electrons. The summed E-state index contributed by atoms with van der Waals surface area (Å²) >= 11 is 0. The Morgan fingerprint density at radius 1 is 1.25 bits per heavy atom. The number of nitrogens with two attached hydrogens (primary N) is 1. The number of carbonyl (C=O) groups excluding carboxylic acids is 1. The standard InChI is InChI=1S/C21H20N4O3/c1-2-3-17(26)25-16-10-8-14(9-11-16)19-18(20(22)24-12-23-19)13-4-6-15(7-5-13)21(27)28/h4,8-12,15H,5-7H2,1H3,(H,25,26)(H,27,28)(H2,22,23,24). The van der Waals surface area contributed by atoms with E-state index in [2.05, 4.69) is 27.1 Å². The molecule has 28 heavy (non-hydrogen) atoms. The van der Waals surface area contributed by atoms with E-state index in [-0.39, 0.29) is 11.8 Å². The highest BCUT2D eigenvalue weighted by Gasteiger charge is 2.24. The van der Waals surface area contributed by atoms with Crippen LogP contribution in [0.5, 0.6) is 0 Å². The molecule has 1 aromatic heterocycles. The fourth-order valence-corrected chi connectivity index (χ4v) is 3.21. The number of carboxylic acids is 1. The van der Waals surface area contributed by atoms with Gasteiger partial charge in [0.1, 0.15) is 12.1 Å². The van der Waals surface area contributed by atoms with Crippen LogP contribution in [0.1, 0.15) is 31.7 Å². The van der Waals surface area contributed by atoms with Crippen molar-refractivity contribution in [1.82, 2.24) is 9.97 Å². The Bertz CT molecular complexity index is 1000. The van der Waals surface area contributed by atoms with Gasteiger partial charge in [0.05, 0.1) is 11.6 Å². The van der Waals surface area contributed by atoms with Crippen molar-refractivity contribution >= 4 is 29.0 Å². The van der Waals surface area contributed by atoms with Gasteiger partial charge in [0.15, 0.2) is 0 Å². The van der Waals surface area contributed by atoms with Crippen LogP contribution in [0.4, 0.5) is 11.5 Å². The summed E-state index contributed by atoms with van der Waals surface area (Å²) in [5, 5.41) is 11.9. The van der Waals surface area contributed by atoms with E-state index < -0.39 is 5.97 Å². The molecule has 2 aromatic rings. The van der Waals surface area contributed by atoms with Crippen LogP contribution < -0.4 is 11.1 Å². The minimum Gasteiger partial charge on any atom is -0.481 e. The van der Waals surface area contributed by atoms with Crippen molar-refractivity contribution in [3.8, 4) is 23.1 Å². The predicted octanol–water partition coefficient (Wildman–Crippen LogP) is 2.96. The molecule has 0 aliphatic heterocycles. The zero-order chi connectivity index (χ0) is 20.1. The number of anilines is 2. The molecule has 0 saturated carbocycles. The highest BCUT2D eigenvalue weighted by molar-refractivity contribution is 6.04. The van der Waals surface area contributed by atoms with Crippen LogP contribution in [-0.4, -0.2) is 27.0 Å². The number of nitrogens with zero attached hydrogens (tertiary/aromatic N) is 2. The summed E-state index contributed by atoms with van der Waals surface area (Å²) in [6, 6.07) is 7.21. The summed E-state index contributed by atoms with van der Waals surface area (Å²) in [5.41, 5.74) is 9.96. The number of hydrogen-bond acceptors (Lipinski definition) is 5. The van der Waals surface area contributed by atoms with E-state index in [1.165, 1.54) is 6.33 Å². The minimum atomic E-state index is -0.779. The molecule has 1 atom stereocenters. The van der Waals surface area contributed by atoms with Gasteiger partial charge < -0.3 is 16.2 Å². The van der Waals surface area contributed by atoms with Gasteiger partial charge in [-0.25, -0.2) is 9.97 Å². The first kappa shape index (κ1) is 19.1. The molecule has 1 amide bonds. The van der Waals surface area contributed by atoms with Crippen molar-refractivity contribution in [2.75, 3.05) is 11.1 Å². The summed E-state index contributed by atoms with van der Waals surface area (Å²) in [6.45, 7) is 1.60. The third kappa shape index (κ3) is 4.18. The van der Waals surface area contributed by atoms with Crippen LogP contribution in [0.2, 0.25) is 0 Å². The normalized spacial score (nSPS) is 15.8. The Kier molecular flexibility index (Phi) is 5.70. The molecule has 1 heterocycles. The van der Waals surface area contributed by atoms with Gasteiger partial charge in [0.2, 0.25) is 0 Å². The molecular formula is C21H20N4O3. The van der Waals surface area contributed by atoms with Crippen molar-refractivity contribution in [2.45, 2.75) is 26.2 Å². The van der Waals surface area contributed by atoms with Crippen molar-refractivity contribution in [2.24, 2.45) is 5.92 Å². The van der Waals surface area contributed by atoms with Crippen molar-refractivity contribution in [3.05, 3.63) is 42.2 Å². The van der Waals surface area contributed by atoms with Gasteiger partial charge in [0, 0.05) is 16.8 Å². The average molecular weight is 376 g/mol. The number of amides is 1. The summed E-state index contributed by atoms with van der Waals surface area (Å²) in [6.07, 6.45) is 4.94. The van der Waals surface area contributed by atoms with E-state index in [1.807, 2.05) is 18.2 Å². The van der Waals surface area contributed by atoms with Crippen LogP contribution in [0, 0.1) is 17.8 Å². The predicted molar refractivity (Wildman–Crippen MR) is 107 cm³/mol. The van der Waals surface area contributed by atoms with Gasteiger partial charge in [-0.1, -0.05) is 24.1 Å². The Morgan fingerprint density at radius 3 is 2.61 bits per heavy atom. The second-order valence-electron chi connectivity index (χ2n) is 6.43. The average Bonchev–Trinajstić information content (AvgIpc) is 2.69. The third-order valence-electron chi connectivity index (χ3n) is 4.61. The maximum absolute atomic E-state index is 11.6. The first-order chi connectivity index (χ1) is 13.5. The van der Waals surface area contributed by atoms with Crippen molar-refractivity contribution in [3.63, 3.8) is 0 Å². The Morgan fingerprint density at radius 2 is 2.00 bits per heavy atom.